The molecule has 1 atom stereocenters. The number of rotatable bonds is 4. The Morgan fingerprint density at radius 2 is 1.68 bits per heavy atom. The molecule has 0 spiro atoms. The molecule has 0 unspecified atom stereocenters. The summed E-state index contributed by atoms with van der Waals surface area (Å²) in [6, 6.07) is 11.6. The van der Waals surface area contributed by atoms with Gasteiger partial charge in [0.1, 0.15) is 11.3 Å². The van der Waals surface area contributed by atoms with Crippen molar-refractivity contribution in [1.82, 2.24) is 10.2 Å². The van der Waals surface area contributed by atoms with E-state index >= 15 is 0 Å². The van der Waals surface area contributed by atoms with Crippen LogP contribution in [0.25, 0.3) is 0 Å². The number of methoxy groups -OCH3 is 1. The van der Waals surface area contributed by atoms with Crippen molar-refractivity contribution in [1.29, 1.82) is 0 Å². The van der Waals surface area contributed by atoms with E-state index < -0.39 is 11.6 Å². The van der Waals surface area contributed by atoms with E-state index in [0.717, 1.165) is 4.90 Å². The second kappa shape index (κ2) is 6.58. The summed E-state index contributed by atoms with van der Waals surface area (Å²) in [7, 11) is 1.56. The fraction of sp³-hybridized carbons (Fsp3) is 0.222. The lowest BCUT2D eigenvalue weighted by Crippen LogP contribution is -2.40. The summed E-state index contributed by atoms with van der Waals surface area (Å²) in [4.78, 5) is 26.5. The van der Waals surface area contributed by atoms with Gasteiger partial charge in [0.15, 0.2) is 0 Å². The molecule has 2 aromatic rings. The van der Waals surface area contributed by atoms with Crippen LogP contribution in [0.3, 0.4) is 0 Å². The lowest BCUT2D eigenvalue weighted by atomic mass is 9.92. The summed E-state index contributed by atoms with van der Waals surface area (Å²) in [5.41, 5.74) is 0.0459. The highest BCUT2D eigenvalue weighted by molar-refractivity contribution is 6.36. The second-order valence-corrected chi connectivity index (χ2v) is 6.69. The molecule has 130 valence electrons. The SMILES string of the molecule is COc1ccc([C@@]2(C)NC(=O)N(Cc3c(Cl)cccc3Cl)C2=O)cc1. The summed E-state index contributed by atoms with van der Waals surface area (Å²) >= 11 is 12.3. The van der Waals surface area contributed by atoms with E-state index in [-0.39, 0.29) is 12.5 Å². The first-order chi connectivity index (χ1) is 11.9. The maximum absolute atomic E-state index is 12.9. The third-order valence-electron chi connectivity index (χ3n) is 4.32. The molecule has 3 amide bonds. The zero-order chi connectivity index (χ0) is 18.2. The minimum atomic E-state index is -1.16. The number of carbonyl (C=O) groups excluding carboxylic acids is 2. The normalized spacial score (nSPS) is 19.9. The number of urea groups is 1. The van der Waals surface area contributed by atoms with Crippen molar-refractivity contribution >= 4 is 35.1 Å². The lowest BCUT2D eigenvalue weighted by molar-refractivity contribution is -0.131. The van der Waals surface area contributed by atoms with Gasteiger partial charge in [-0.05, 0) is 36.8 Å². The monoisotopic (exact) mass is 378 g/mol. The molecule has 1 fully saturated rings. The number of ether oxygens (including phenoxy) is 1. The smallest absolute Gasteiger partial charge is 0.325 e. The summed E-state index contributed by atoms with van der Waals surface area (Å²) < 4.78 is 5.13. The molecule has 0 saturated carbocycles. The van der Waals surface area contributed by atoms with Gasteiger partial charge in [-0.25, -0.2) is 4.79 Å². The molecule has 1 heterocycles. The van der Waals surface area contributed by atoms with Crippen LogP contribution < -0.4 is 10.1 Å². The highest BCUT2D eigenvalue weighted by Gasteiger charge is 2.49. The van der Waals surface area contributed by atoms with Crippen molar-refractivity contribution in [2.45, 2.75) is 19.0 Å². The Bertz CT molecular complexity index is 818. The van der Waals surface area contributed by atoms with Gasteiger partial charge >= 0.3 is 6.03 Å². The summed E-state index contributed by atoms with van der Waals surface area (Å²) in [6.07, 6.45) is 0. The van der Waals surface area contributed by atoms with E-state index in [1.165, 1.54) is 0 Å². The predicted octanol–water partition coefficient (Wildman–Crippen LogP) is 3.97. The standard InChI is InChI=1S/C18H16Cl2N2O3/c1-18(11-6-8-12(25-2)9-7-11)16(23)22(17(24)21-18)10-13-14(19)4-3-5-15(13)20/h3-9H,10H2,1-2H3,(H,21,24)/t18-/m1/s1. The number of imide groups is 1. The molecule has 0 aromatic heterocycles. The van der Waals surface area contributed by atoms with E-state index in [9.17, 15) is 9.59 Å². The van der Waals surface area contributed by atoms with Crippen LogP contribution in [-0.4, -0.2) is 23.9 Å². The van der Waals surface area contributed by atoms with Crippen LogP contribution in [0.1, 0.15) is 18.1 Å². The molecule has 5 nitrogen and oxygen atoms in total. The number of hydrogen-bond donors (Lipinski definition) is 1. The Morgan fingerprint density at radius 1 is 1.08 bits per heavy atom. The van der Waals surface area contributed by atoms with Crippen molar-refractivity contribution in [2.24, 2.45) is 0 Å². The van der Waals surface area contributed by atoms with Gasteiger partial charge in [0.2, 0.25) is 0 Å². The Kier molecular flexibility index (Phi) is 4.62. The first-order valence-corrected chi connectivity index (χ1v) is 8.34. The molecule has 0 radical (unpaired) electrons. The van der Waals surface area contributed by atoms with Crippen molar-refractivity contribution in [2.75, 3.05) is 7.11 Å². The molecule has 1 saturated heterocycles. The Labute approximate surface area is 155 Å². The van der Waals surface area contributed by atoms with Crippen LogP contribution in [0.2, 0.25) is 10.0 Å². The van der Waals surface area contributed by atoms with Crippen LogP contribution in [0.5, 0.6) is 5.75 Å². The van der Waals surface area contributed by atoms with Crippen molar-refractivity contribution < 1.29 is 14.3 Å². The third kappa shape index (κ3) is 3.05. The molecule has 0 bridgehead atoms. The largest absolute Gasteiger partial charge is 0.497 e. The molecule has 1 aliphatic rings. The van der Waals surface area contributed by atoms with E-state index in [2.05, 4.69) is 5.32 Å². The topological polar surface area (TPSA) is 58.6 Å². The van der Waals surface area contributed by atoms with E-state index in [1.807, 2.05) is 0 Å². The highest BCUT2D eigenvalue weighted by atomic mass is 35.5. The summed E-state index contributed by atoms with van der Waals surface area (Å²) in [5, 5.41) is 3.57. The molecule has 25 heavy (non-hydrogen) atoms. The van der Waals surface area contributed by atoms with Gasteiger partial charge in [0.05, 0.1) is 13.7 Å². The van der Waals surface area contributed by atoms with Gasteiger partial charge in [0, 0.05) is 15.6 Å². The zero-order valence-electron chi connectivity index (χ0n) is 13.7. The average Bonchev–Trinajstić information content (AvgIpc) is 2.82. The molecule has 2 aromatic carbocycles. The number of nitrogens with one attached hydrogen (secondary N) is 1. The number of hydrogen-bond acceptors (Lipinski definition) is 3. The Balaban J connectivity index is 1.91. The fourth-order valence-electron chi connectivity index (χ4n) is 2.80. The van der Waals surface area contributed by atoms with Crippen LogP contribution in [0.15, 0.2) is 42.5 Å². The zero-order valence-corrected chi connectivity index (χ0v) is 15.2. The number of carbonyl (C=O) groups is 2. The number of nitrogens with zero attached hydrogens (tertiary/aromatic N) is 1. The van der Waals surface area contributed by atoms with Crippen molar-refractivity contribution in [3.8, 4) is 5.75 Å². The molecule has 1 aliphatic heterocycles. The molecule has 3 rings (SSSR count). The minimum absolute atomic E-state index is 0.00885. The van der Waals surface area contributed by atoms with E-state index in [0.29, 0.717) is 26.9 Å². The molecule has 1 N–H and O–H groups in total. The Hall–Kier alpha value is -2.24. The lowest BCUT2D eigenvalue weighted by Gasteiger charge is -2.22. The van der Waals surface area contributed by atoms with Crippen LogP contribution in [0.4, 0.5) is 4.79 Å². The predicted molar refractivity (Wildman–Crippen MR) is 95.9 cm³/mol. The maximum atomic E-state index is 12.9. The second-order valence-electron chi connectivity index (χ2n) is 5.88. The number of halogens is 2. The molecular formula is C18H16Cl2N2O3. The molecule has 7 heteroatoms. The van der Waals surface area contributed by atoms with Gasteiger partial charge in [-0.1, -0.05) is 41.4 Å². The van der Waals surface area contributed by atoms with E-state index in [1.54, 1.807) is 56.5 Å². The van der Waals surface area contributed by atoms with Crippen LogP contribution in [-0.2, 0) is 16.9 Å². The highest BCUT2D eigenvalue weighted by Crippen LogP contribution is 2.33. The maximum Gasteiger partial charge on any atom is 0.325 e. The number of benzene rings is 2. The van der Waals surface area contributed by atoms with Crippen molar-refractivity contribution in [3.05, 3.63) is 63.6 Å². The number of amides is 3. The molecule has 0 aliphatic carbocycles. The molecular weight excluding hydrogens is 363 g/mol. The summed E-state index contributed by atoms with van der Waals surface area (Å²) in [6.45, 7) is 1.68. The quantitative estimate of drug-likeness (QED) is 0.818. The van der Waals surface area contributed by atoms with Crippen molar-refractivity contribution in [3.63, 3.8) is 0 Å². The van der Waals surface area contributed by atoms with Gasteiger partial charge in [-0.3, -0.25) is 9.69 Å². The van der Waals surface area contributed by atoms with Gasteiger partial charge in [0.25, 0.3) is 5.91 Å². The Morgan fingerprint density at radius 3 is 2.24 bits per heavy atom. The first-order valence-electron chi connectivity index (χ1n) is 7.58. The van der Waals surface area contributed by atoms with Gasteiger partial charge in [-0.2, -0.15) is 0 Å². The van der Waals surface area contributed by atoms with E-state index in [4.69, 9.17) is 27.9 Å². The van der Waals surface area contributed by atoms with Gasteiger partial charge < -0.3 is 10.1 Å². The summed E-state index contributed by atoms with van der Waals surface area (Å²) in [5.74, 6) is 0.308. The van der Waals surface area contributed by atoms with Gasteiger partial charge in [-0.15, -0.1) is 0 Å². The average molecular weight is 379 g/mol. The van der Waals surface area contributed by atoms with Crippen LogP contribution >= 0.6 is 23.2 Å². The minimum Gasteiger partial charge on any atom is -0.497 e. The van der Waals surface area contributed by atoms with Crippen LogP contribution in [0, 0.1) is 0 Å². The first kappa shape index (κ1) is 17.6. The third-order valence-corrected chi connectivity index (χ3v) is 5.03. The fourth-order valence-corrected chi connectivity index (χ4v) is 3.32.